The van der Waals surface area contributed by atoms with Gasteiger partial charge in [0, 0.05) is 6.54 Å². The van der Waals surface area contributed by atoms with Gasteiger partial charge in [0.2, 0.25) is 5.91 Å². The SMILES string of the molecule is O=C(O)C1CCC1C(=O)NCCCc1ccccc1. The number of nitrogens with one attached hydrogen (secondary N) is 1. The molecule has 2 atom stereocenters. The van der Waals surface area contributed by atoms with E-state index >= 15 is 0 Å². The van der Waals surface area contributed by atoms with Crippen molar-refractivity contribution >= 4 is 11.9 Å². The fraction of sp³-hybridized carbons (Fsp3) is 0.467. The van der Waals surface area contributed by atoms with Gasteiger partial charge in [-0.15, -0.1) is 0 Å². The van der Waals surface area contributed by atoms with Crippen molar-refractivity contribution in [2.75, 3.05) is 6.54 Å². The second kappa shape index (κ2) is 6.36. The quantitative estimate of drug-likeness (QED) is 0.768. The van der Waals surface area contributed by atoms with Crippen molar-refractivity contribution in [1.82, 2.24) is 5.32 Å². The van der Waals surface area contributed by atoms with Gasteiger partial charge in [0.1, 0.15) is 0 Å². The maximum atomic E-state index is 11.8. The van der Waals surface area contributed by atoms with Gasteiger partial charge in [-0.25, -0.2) is 0 Å². The van der Waals surface area contributed by atoms with Crippen molar-refractivity contribution in [1.29, 1.82) is 0 Å². The Labute approximate surface area is 112 Å². The van der Waals surface area contributed by atoms with Gasteiger partial charge in [-0.3, -0.25) is 9.59 Å². The summed E-state index contributed by atoms with van der Waals surface area (Å²) in [6.45, 7) is 0.608. The third kappa shape index (κ3) is 3.56. The molecule has 0 radical (unpaired) electrons. The molecule has 1 amide bonds. The smallest absolute Gasteiger partial charge is 0.307 e. The van der Waals surface area contributed by atoms with E-state index in [1.807, 2.05) is 18.2 Å². The lowest BCUT2D eigenvalue weighted by Crippen LogP contribution is -2.44. The molecule has 2 unspecified atom stereocenters. The van der Waals surface area contributed by atoms with Crippen LogP contribution in [0.25, 0.3) is 0 Å². The van der Waals surface area contributed by atoms with Crippen LogP contribution in [-0.4, -0.2) is 23.5 Å². The standard InChI is InChI=1S/C15H19NO3/c17-14(12-8-9-13(12)15(18)19)16-10-4-7-11-5-2-1-3-6-11/h1-3,5-6,12-13H,4,7-10H2,(H,16,17)(H,18,19). The van der Waals surface area contributed by atoms with E-state index in [-0.39, 0.29) is 11.8 Å². The van der Waals surface area contributed by atoms with Gasteiger partial charge in [0.25, 0.3) is 0 Å². The number of carbonyl (C=O) groups excluding carboxylic acids is 1. The zero-order valence-electron chi connectivity index (χ0n) is 10.8. The molecule has 0 heterocycles. The highest BCUT2D eigenvalue weighted by Gasteiger charge is 2.41. The Kier molecular flexibility index (Phi) is 4.55. The molecule has 0 bridgehead atoms. The van der Waals surface area contributed by atoms with E-state index in [1.54, 1.807) is 0 Å². The normalized spacial score (nSPS) is 21.5. The first kappa shape index (κ1) is 13.6. The molecule has 1 aliphatic rings. The van der Waals surface area contributed by atoms with Crippen LogP contribution < -0.4 is 5.32 Å². The first-order chi connectivity index (χ1) is 9.18. The lowest BCUT2D eigenvalue weighted by atomic mass is 9.73. The van der Waals surface area contributed by atoms with E-state index in [9.17, 15) is 9.59 Å². The Bertz CT molecular complexity index is 444. The molecule has 102 valence electrons. The monoisotopic (exact) mass is 261 g/mol. The van der Waals surface area contributed by atoms with Crippen molar-refractivity contribution in [2.45, 2.75) is 25.7 Å². The summed E-state index contributed by atoms with van der Waals surface area (Å²) in [7, 11) is 0. The van der Waals surface area contributed by atoms with E-state index in [4.69, 9.17) is 5.11 Å². The second-order valence-electron chi connectivity index (χ2n) is 5.01. The summed E-state index contributed by atoms with van der Waals surface area (Å²) in [5.41, 5.74) is 1.25. The summed E-state index contributed by atoms with van der Waals surface area (Å²) in [6, 6.07) is 10.1. The van der Waals surface area contributed by atoms with E-state index < -0.39 is 11.9 Å². The molecule has 0 saturated heterocycles. The molecule has 19 heavy (non-hydrogen) atoms. The molecule has 1 saturated carbocycles. The summed E-state index contributed by atoms with van der Waals surface area (Å²) < 4.78 is 0. The Morgan fingerprint density at radius 1 is 1.16 bits per heavy atom. The van der Waals surface area contributed by atoms with Gasteiger partial charge in [-0.05, 0) is 31.2 Å². The molecule has 2 N–H and O–H groups in total. The lowest BCUT2D eigenvalue weighted by molar-refractivity contribution is -0.152. The Balaban J connectivity index is 1.66. The highest BCUT2D eigenvalue weighted by atomic mass is 16.4. The molecular formula is C15H19NO3. The number of carbonyl (C=O) groups is 2. The Morgan fingerprint density at radius 2 is 1.84 bits per heavy atom. The van der Waals surface area contributed by atoms with E-state index in [0.29, 0.717) is 19.4 Å². The minimum absolute atomic E-state index is 0.105. The molecule has 1 aromatic carbocycles. The number of amides is 1. The number of benzene rings is 1. The number of carboxylic acids is 1. The van der Waals surface area contributed by atoms with Crippen LogP contribution in [0.4, 0.5) is 0 Å². The molecule has 0 spiro atoms. The van der Waals surface area contributed by atoms with Gasteiger partial charge in [-0.1, -0.05) is 30.3 Å². The number of carboxylic acid groups (broad SMARTS) is 1. The van der Waals surface area contributed by atoms with Crippen molar-refractivity contribution in [2.24, 2.45) is 11.8 Å². The molecule has 0 aliphatic heterocycles. The van der Waals surface area contributed by atoms with Crippen LogP contribution in [0.15, 0.2) is 30.3 Å². The predicted molar refractivity (Wildman–Crippen MR) is 71.6 cm³/mol. The molecule has 1 fully saturated rings. The highest BCUT2D eigenvalue weighted by molar-refractivity contribution is 5.86. The Hall–Kier alpha value is -1.84. The highest BCUT2D eigenvalue weighted by Crippen LogP contribution is 2.34. The molecule has 1 aliphatic carbocycles. The number of hydrogen-bond acceptors (Lipinski definition) is 2. The largest absolute Gasteiger partial charge is 0.481 e. The molecule has 1 aromatic rings. The van der Waals surface area contributed by atoms with E-state index in [2.05, 4.69) is 17.4 Å². The lowest BCUT2D eigenvalue weighted by Gasteiger charge is -2.31. The summed E-state index contributed by atoms with van der Waals surface area (Å²) in [4.78, 5) is 22.6. The van der Waals surface area contributed by atoms with Gasteiger partial charge < -0.3 is 10.4 Å². The average molecular weight is 261 g/mol. The maximum absolute atomic E-state index is 11.8. The zero-order valence-corrected chi connectivity index (χ0v) is 10.8. The van der Waals surface area contributed by atoms with Crippen molar-refractivity contribution in [3.8, 4) is 0 Å². The van der Waals surface area contributed by atoms with Gasteiger partial charge in [-0.2, -0.15) is 0 Å². The third-order valence-corrected chi connectivity index (χ3v) is 3.71. The topological polar surface area (TPSA) is 66.4 Å². The molecule has 4 heteroatoms. The number of aliphatic carboxylic acids is 1. The maximum Gasteiger partial charge on any atom is 0.307 e. The summed E-state index contributed by atoms with van der Waals surface area (Å²) in [5.74, 6) is -1.76. The van der Waals surface area contributed by atoms with Crippen molar-refractivity contribution in [3.05, 3.63) is 35.9 Å². The third-order valence-electron chi connectivity index (χ3n) is 3.71. The number of rotatable bonds is 6. The average Bonchev–Trinajstić information content (AvgIpc) is 2.34. The van der Waals surface area contributed by atoms with Crippen LogP contribution >= 0.6 is 0 Å². The van der Waals surface area contributed by atoms with Crippen molar-refractivity contribution in [3.63, 3.8) is 0 Å². The fourth-order valence-corrected chi connectivity index (χ4v) is 2.39. The van der Waals surface area contributed by atoms with Crippen LogP contribution in [0, 0.1) is 11.8 Å². The zero-order chi connectivity index (χ0) is 13.7. The van der Waals surface area contributed by atoms with Crippen LogP contribution in [0.3, 0.4) is 0 Å². The first-order valence-electron chi connectivity index (χ1n) is 6.73. The summed E-state index contributed by atoms with van der Waals surface area (Å²) in [5, 5.41) is 11.7. The molecular weight excluding hydrogens is 242 g/mol. The van der Waals surface area contributed by atoms with E-state index in [1.165, 1.54) is 5.56 Å². The van der Waals surface area contributed by atoms with Gasteiger partial charge >= 0.3 is 5.97 Å². The molecule has 0 aromatic heterocycles. The minimum atomic E-state index is -0.851. The van der Waals surface area contributed by atoms with E-state index in [0.717, 1.165) is 12.8 Å². The fourth-order valence-electron chi connectivity index (χ4n) is 2.39. The van der Waals surface area contributed by atoms with Crippen LogP contribution in [-0.2, 0) is 16.0 Å². The number of hydrogen-bond donors (Lipinski definition) is 2. The van der Waals surface area contributed by atoms with Crippen LogP contribution in [0.1, 0.15) is 24.8 Å². The van der Waals surface area contributed by atoms with Crippen LogP contribution in [0.2, 0.25) is 0 Å². The minimum Gasteiger partial charge on any atom is -0.481 e. The first-order valence-corrected chi connectivity index (χ1v) is 6.73. The molecule has 2 rings (SSSR count). The van der Waals surface area contributed by atoms with Gasteiger partial charge in [0.15, 0.2) is 0 Å². The predicted octanol–water partition coefficient (Wildman–Crippen LogP) is 1.85. The van der Waals surface area contributed by atoms with Gasteiger partial charge in [0.05, 0.1) is 11.8 Å². The second-order valence-corrected chi connectivity index (χ2v) is 5.01. The molecule has 4 nitrogen and oxygen atoms in total. The summed E-state index contributed by atoms with van der Waals surface area (Å²) >= 11 is 0. The van der Waals surface area contributed by atoms with Crippen molar-refractivity contribution < 1.29 is 14.7 Å². The van der Waals surface area contributed by atoms with Crippen LogP contribution in [0.5, 0.6) is 0 Å². The number of aryl methyl sites for hydroxylation is 1. The Morgan fingerprint density at radius 3 is 2.42 bits per heavy atom. The summed E-state index contributed by atoms with van der Waals surface area (Å²) in [6.07, 6.45) is 3.12.